The SMILES string of the molecule is CC(=O)C1=C(C)NC(SCC(=O)Nc2ccccc2C(F)(F)F)=C(C#N)[C@@H]1c1ccc(Cl)cc1. The van der Waals surface area contributed by atoms with Gasteiger partial charge in [0.25, 0.3) is 0 Å². The lowest BCUT2D eigenvalue weighted by atomic mass is 9.81. The summed E-state index contributed by atoms with van der Waals surface area (Å²) in [5.74, 6) is -1.81. The van der Waals surface area contributed by atoms with Crippen molar-refractivity contribution >= 4 is 40.7 Å². The summed E-state index contributed by atoms with van der Waals surface area (Å²) >= 11 is 6.95. The van der Waals surface area contributed by atoms with Gasteiger partial charge in [0.15, 0.2) is 5.78 Å². The van der Waals surface area contributed by atoms with Crippen molar-refractivity contribution in [2.75, 3.05) is 11.1 Å². The number of carbonyl (C=O) groups excluding carboxylic acids is 2. The van der Waals surface area contributed by atoms with E-state index in [9.17, 15) is 28.0 Å². The number of halogens is 4. The standard InChI is InChI=1S/C24H19ClF3N3O2S/c1-13-21(14(2)32)22(15-7-9-16(25)10-8-15)17(11-29)23(30-13)34-12-20(33)31-19-6-4-3-5-18(19)24(26,27)28/h3-10,22,30H,12H2,1-2H3,(H,31,33)/t22-/m0/s1. The topological polar surface area (TPSA) is 82.0 Å². The van der Waals surface area contributed by atoms with Gasteiger partial charge in [0.05, 0.1) is 39.6 Å². The molecule has 5 nitrogen and oxygen atoms in total. The van der Waals surface area contributed by atoms with Gasteiger partial charge in [0.2, 0.25) is 5.91 Å². The van der Waals surface area contributed by atoms with Crippen molar-refractivity contribution in [2.24, 2.45) is 0 Å². The second-order valence-electron chi connectivity index (χ2n) is 7.44. The second-order valence-corrected chi connectivity index (χ2v) is 8.86. The molecule has 3 rings (SSSR count). The van der Waals surface area contributed by atoms with E-state index in [4.69, 9.17) is 11.6 Å². The summed E-state index contributed by atoms with van der Waals surface area (Å²) in [5.41, 5.74) is 0.540. The van der Waals surface area contributed by atoms with Crippen molar-refractivity contribution in [1.82, 2.24) is 5.32 Å². The number of anilines is 1. The highest BCUT2D eigenvalue weighted by atomic mass is 35.5. The van der Waals surface area contributed by atoms with Gasteiger partial charge in [0, 0.05) is 16.3 Å². The van der Waals surface area contributed by atoms with Gasteiger partial charge in [-0.25, -0.2) is 0 Å². The number of Topliss-reactive ketones (excluding diaryl/α,β-unsaturated/α-hetero) is 1. The number of nitrogens with zero attached hydrogens (tertiary/aromatic N) is 1. The molecule has 1 heterocycles. The zero-order valence-electron chi connectivity index (χ0n) is 18.1. The van der Waals surface area contributed by atoms with Crippen LogP contribution in [0.25, 0.3) is 0 Å². The Hall–Kier alpha value is -3.22. The number of benzene rings is 2. The Balaban J connectivity index is 1.87. The second kappa shape index (κ2) is 10.4. The number of rotatable bonds is 6. The molecule has 0 saturated carbocycles. The summed E-state index contributed by atoms with van der Waals surface area (Å²) in [6.45, 7) is 3.09. The van der Waals surface area contributed by atoms with Gasteiger partial charge in [-0.15, -0.1) is 0 Å². The third-order valence-electron chi connectivity index (χ3n) is 5.08. The molecule has 0 aliphatic carbocycles. The van der Waals surface area contributed by atoms with Crippen LogP contribution in [0.2, 0.25) is 5.02 Å². The number of ketones is 1. The third kappa shape index (κ3) is 5.64. The van der Waals surface area contributed by atoms with Crippen LogP contribution in [0.3, 0.4) is 0 Å². The maximum absolute atomic E-state index is 13.2. The highest BCUT2D eigenvalue weighted by Crippen LogP contribution is 2.41. The first-order chi connectivity index (χ1) is 16.0. The molecule has 176 valence electrons. The molecule has 2 aromatic rings. The Kier molecular flexibility index (Phi) is 7.75. The van der Waals surface area contributed by atoms with Crippen LogP contribution >= 0.6 is 23.4 Å². The van der Waals surface area contributed by atoms with Crippen LogP contribution in [-0.4, -0.2) is 17.4 Å². The molecule has 1 atom stereocenters. The molecule has 0 radical (unpaired) electrons. The molecule has 0 fully saturated rings. The number of dihydropyridines is 1. The van der Waals surface area contributed by atoms with E-state index < -0.39 is 23.6 Å². The largest absolute Gasteiger partial charge is 0.418 e. The molecule has 0 spiro atoms. The fourth-order valence-electron chi connectivity index (χ4n) is 3.65. The fraction of sp³-hybridized carbons (Fsp3) is 0.208. The third-order valence-corrected chi connectivity index (χ3v) is 6.35. The number of nitrogens with one attached hydrogen (secondary N) is 2. The van der Waals surface area contributed by atoms with E-state index in [2.05, 4.69) is 16.7 Å². The normalized spacial score (nSPS) is 16.1. The molecule has 2 N–H and O–H groups in total. The highest BCUT2D eigenvalue weighted by molar-refractivity contribution is 8.03. The maximum Gasteiger partial charge on any atom is 0.418 e. The number of carbonyl (C=O) groups is 2. The summed E-state index contributed by atoms with van der Waals surface area (Å²) in [6, 6.07) is 13.6. The number of amides is 1. The number of nitriles is 1. The maximum atomic E-state index is 13.2. The molecule has 0 saturated heterocycles. The Bertz CT molecular complexity index is 1230. The van der Waals surface area contributed by atoms with Gasteiger partial charge < -0.3 is 10.6 Å². The van der Waals surface area contributed by atoms with Gasteiger partial charge in [-0.3, -0.25) is 9.59 Å². The van der Waals surface area contributed by atoms with Gasteiger partial charge in [-0.05, 0) is 43.7 Å². The lowest BCUT2D eigenvalue weighted by molar-refractivity contribution is -0.137. The van der Waals surface area contributed by atoms with Crippen molar-refractivity contribution < 1.29 is 22.8 Å². The van der Waals surface area contributed by atoms with E-state index in [0.717, 1.165) is 17.8 Å². The van der Waals surface area contributed by atoms with Crippen LogP contribution in [0.15, 0.2) is 70.4 Å². The lowest BCUT2D eigenvalue weighted by Crippen LogP contribution is -2.28. The molecule has 1 aliphatic rings. The van der Waals surface area contributed by atoms with Crippen molar-refractivity contribution in [3.05, 3.63) is 86.6 Å². The zero-order valence-corrected chi connectivity index (χ0v) is 19.7. The van der Waals surface area contributed by atoms with E-state index in [1.165, 1.54) is 25.1 Å². The number of allylic oxidation sites excluding steroid dienone is 3. The molecule has 0 unspecified atom stereocenters. The quantitative estimate of drug-likeness (QED) is 0.502. The van der Waals surface area contributed by atoms with Crippen molar-refractivity contribution in [3.8, 4) is 6.07 Å². The van der Waals surface area contributed by atoms with E-state index in [-0.39, 0.29) is 22.8 Å². The van der Waals surface area contributed by atoms with E-state index in [0.29, 0.717) is 26.9 Å². The van der Waals surface area contributed by atoms with Crippen molar-refractivity contribution in [2.45, 2.75) is 25.9 Å². The first-order valence-corrected chi connectivity index (χ1v) is 11.4. The highest BCUT2D eigenvalue weighted by Gasteiger charge is 2.35. The molecule has 34 heavy (non-hydrogen) atoms. The summed E-state index contributed by atoms with van der Waals surface area (Å²) < 4.78 is 39.6. The van der Waals surface area contributed by atoms with Crippen LogP contribution < -0.4 is 10.6 Å². The van der Waals surface area contributed by atoms with Crippen LogP contribution in [0.5, 0.6) is 0 Å². The number of hydrogen-bond donors (Lipinski definition) is 2. The molecule has 1 aliphatic heterocycles. The van der Waals surface area contributed by atoms with Gasteiger partial charge >= 0.3 is 6.18 Å². The van der Waals surface area contributed by atoms with Gasteiger partial charge in [-0.2, -0.15) is 18.4 Å². The Labute approximate surface area is 203 Å². The smallest absolute Gasteiger partial charge is 0.353 e. The number of para-hydroxylation sites is 1. The minimum atomic E-state index is -4.62. The minimum absolute atomic E-state index is 0.219. The van der Waals surface area contributed by atoms with Crippen molar-refractivity contribution in [3.63, 3.8) is 0 Å². The molecule has 1 amide bonds. The summed E-state index contributed by atoms with van der Waals surface area (Å²) in [4.78, 5) is 24.9. The zero-order chi connectivity index (χ0) is 25.0. The fourth-order valence-corrected chi connectivity index (χ4v) is 4.66. The molecule has 10 heteroatoms. The molecule has 0 bridgehead atoms. The molecular weight excluding hydrogens is 487 g/mol. The predicted octanol–water partition coefficient (Wildman–Crippen LogP) is 6.02. The average Bonchev–Trinajstić information content (AvgIpc) is 2.77. The van der Waals surface area contributed by atoms with Crippen LogP contribution in [0, 0.1) is 11.3 Å². The Morgan fingerprint density at radius 2 is 1.82 bits per heavy atom. The van der Waals surface area contributed by atoms with E-state index in [1.807, 2.05) is 0 Å². The molecule has 2 aromatic carbocycles. The van der Waals surface area contributed by atoms with Gasteiger partial charge in [0.1, 0.15) is 0 Å². The molecular formula is C24H19ClF3N3O2S. The molecule has 0 aromatic heterocycles. The van der Waals surface area contributed by atoms with Crippen molar-refractivity contribution in [1.29, 1.82) is 5.26 Å². The average molecular weight is 506 g/mol. The monoisotopic (exact) mass is 505 g/mol. The van der Waals surface area contributed by atoms with Crippen LogP contribution in [0.1, 0.15) is 30.9 Å². The van der Waals surface area contributed by atoms with E-state index in [1.54, 1.807) is 31.2 Å². The first-order valence-electron chi connectivity index (χ1n) is 10.00. The first kappa shape index (κ1) is 25.4. The van der Waals surface area contributed by atoms with Crippen LogP contribution in [0.4, 0.5) is 18.9 Å². The van der Waals surface area contributed by atoms with Gasteiger partial charge in [-0.1, -0.05) is 47.6 Å². The predicted molar refractivity (Wildman–Crippen MR) is 126 cm³/mol. The Morgan fingerprint density at radius 3 is 2.41 bits per heavy atom. The Morgan fingerprint density at radius 1 is 1.18 bits per heavy atom. The summed E-state index contributed by atoms with van der Waals surface area (Å²) in [6.07, 6.45) is -4.62. The van der Waals surface area contributed by atoms with E-state index >= 15 is 0 Å². The minimum Gasteiger partial charge on any atom is -0.353 e. The lowest BCUT2D eigenvalue weighted by Gasteiger charge is -2.29. The van der Waals surface area contributed by atoms with Crippen LogP contribution in [-0.2, 0) is 15.8 Å². The number of thioether (sulfide) groups is 1. The summed E-state index contributed by atoms with van der Waals surface area (Å²) in [5, 5.41) is 16.1. The number of alkyl halides is 3. The summed E-state index contributed by atoms with van der Waals surface area (Å²) in [7, 11) is 0. The number of hydrogen-bond acceptors (Lipinski definition) is 5.